The largest absolute Gasteiger partial charge is 0.416 e. The van der Waals surface area contributed by atoms with Gasteiger partial charge in [-0.05, 0) is 25.3 Å². The van der Waals surface area contributed by atoms with Gasteiger partial charge < -0.3 is 11.1 Å². The zero-order valence-corrected chi connectivity index (χ0v) is 10.3. The van der Waals surface area contributed by atoms with Crippen LogP contribution in [-0.4, -0.2) is 23.0 Å². The molecule has 0 fully saturated rings. The van der Waals surface area contributed by atoms with Crippen molar-refractivity contribution >= 4 is 23.4 Å². The van der Waals surface area contributed by atoms with Crippen LogP contribution in [0.1, 0.15) is 12.5 Å². The summed E-state index contributed by atoms with van der Waals surface area (Å²) in [6.07, 6.45) is -2.48. The lowest BCUT2D eigenvalue weighted by atomic mass is 10.2. The Morgan fingerprint density at radius 3 is 2.65 bits per heavy atom. The number of thioether (sulfide) groups is 1. The molecule has 3 nitrogen and oxygen atoms in total. The van der Waals surface area contributed by atoms with Crippen LogP contribution in [0.2, 0.25) is 0 Å². The van der Waals surface area contributed by atoms with Crippen molar-refractivity contribution < 1.29 is 13.2 Å². The molecule has 17 heavy (non-hydrogen) atoms. The second-order valence-electron chi connectivity index (χ2n) is 3.66. The third-order valence-corrected chi connectivity index (χ3v) is 2.82. The molecule has 0 saturated carbocycles. The smallest absolute Gasteiger partial charge is 0.384 e. The predicted octanol–water partition coefficient (Wildman–Crippen LogP) is 2.85. The first-order valence-corrected chi connectivity index (χ1v) is 6.32. The molecule has 3 N–H and O–H groups in total. The van der Waals surface area contributed by atoms with Gasteiger partial charge in [-0.2, -0.15) is 24.9 Å². The first-order valence-electron chi connectivity index (χ1n) is 4.93. The van der Waals surface area contributed by atoms with E-state index in [2.05, 4.69) is 10.3 Å². The highest BCUT2D eigenvalue weighted by Gasteiger charge is 2.31. The Morgan fingerprint density at radius 1 is 1.47 bits per heavy atom. The molecule has 1 rings (SSSR count). The van der Waals surface area contributed by atoms with Gasteiger partial charge in [0.1, 0.15) is 11.6 Å². The van der Waals surface area contributed by atoms with Gasteiger partial charge in [0.2, 0.25) is 0 Å². The van der Waals surface area contributed by atoms with Crippen molar-refractivity contribution in [2.75, 3.05) is 23.1 Å². The number of nitrogens with one attached hydrogen (secondary N) is 1. The molecule has 0 aliphatic carbocycles. The van der Waals surface area contributed by atoms with Crippen molar-refractivity contribution in [1.29, 1.82) is 0 Å². The van der Waals surface area contributed by atoms with Gasteiger partial charge in [0.05, 0.1) is 5.56 Å². The van der Waals surface area contributed by atoms with Crippen LogP contribution in [0.5, 0.6) is 0 Å². The van der Waals surface area contributed by atoms with E-state index < -0.39 is 11.7 Å². The molecule has 0 saturated heterocycles. The molecular weight excluding hydrogens is 251 g/mol. The molecule has 1 unspecified atom stereocenters. The lowest BCUT2D eigenvalue weighted by molar-refractivity contribution is -0.137. The standard InChI is InChI=1S/C10H14F3N3S/c1-6(5-17-2)15-9-4-7(10(11,12)13)3-8(14)16-9/h3-4,6H,5H2,1-2H3,(H3,14,15,16). The monoisotopic (exact) mass is 265 g/mol. The number of pyridine rings is 1. The van der Waals surface area contributed by atoms with Crippen LogP contribution in [0.3, 0.4) is 0 Å². The van der Waals surface area contributed by atoms with E-state index in [4.69, 9.17) is 5.73 Å². The average Bonchev–Trinajstić information content (AvgIpc) is 2.15. The van der Waals surface area contributed by atoms with Crippen molar-refractivity contribution in [3.63, 3.8) is 0 Å². The molecule has 1 heterocycles. The maximum Gasteiger partial charge on any atom is 0.416 e. The fourth-order valence-electron chi connectivity index (χ4n) is 1.33. The van der Waals surface area contributed by atoms with Crippen molar-refractivity contribution in [3.05, 3.63) is 17.7 Å². The molecule has 1 aromatic heterocycles. The molecular formula is C10H14F3N3S. The minimum Gasteiger partial charge on any atom is -0.384 e. The second-order valence-corrected chi connectivity index (χ2v) is 4.58. The van der Waals surface area contributed by atoms with E-state index in [1.807, 2.05) is 13.2 Å². The highest BCUT2D eigenvalue weighted by atomic mass is 32.2. The summed E-state index contributed by atoms with van der Waals surface area (Å²) in [7, 11) is 0. The molecule has 0 radical (unpaired) electrons. The van der Waals surface area contributed by atoms with Gasteiger partial charge in [-0.15, -0.1) is 0 Å². The van der Waals surface area contributed by atoms with Gasteiger partial charge in [-0.3, -0.25) is 0 Å². The number of halogens is 3. The van der Waals surface area contributed by atoms with Gasteiger partial charge in [0.15, 0.2) is 0 Å². The van der Waals surface area contributed by atoms with E-state index in [-0.39, 0.29) is 17.7 Å². The van der Waals surface area contributed by atoms with Crippen molar-refractivity contribution in [2.45, 2.75) is 19.1 Å². The quantitative estimate of drug-likeness (QED) is 0.879. The fourth-order valence-corrected chi connectivity index (χ4v) is 1.92. The van der Waals surface area contributed by atoms with Gasteiger partial charge in [0.25, 0.3) is 0 Å². The van der Waals surface area contributed by atoms with E-state index in [9.17, 15) is 13.2 Å². The third-order valence-electron chi connectivity index (χ3n) is 1.98. The number of alkyl halides is 3. The minimum atomic E-state index is -4.41. The Labute approximate surface area is 102 Å². The Hall–Kier alpha value is -1.11. The first-order chi connectivity index (χ1) is 7.82. The Kier molecular flexibility index (Phi) is 4.50. The molecule has 0 aliphatic heterocycles. The first kappa shape index (κ1) is 14.0. The van der Waals surface area contributed by atoms with Crippen LogP contribution in [-0.2, 0) is 6.18 Å². The van der Waals surface area contributed by atoms with Crippen LogP contribution >= 0.6 is 11.8 Å². The van der Waals surface area contributed by atoms with Crippen molar-refractivity contribution in [3.8, 4) is 0 Å². The predicted molar refractivity (Wildman–Crippen MR) is 65.1 cm³/mol. The van der Waals surface area contributed by atoms with Gasteiger partial charge >= 0.3 is 6.18 Å². The van der Waals surface area contributed by atoms with Crippen LogP contribution in [0.4, 0.5) is 24.8 Å². The molecule has 0 bridgehead atoms. The summed E-state index contributed by atoms with van der Waals surface area (Å²) in [4.78, 5) is 3.83. The van der Waals surface area contributed by atoms with Crippen molar-refractivity contribution in [1.82, 2.24) is 4.98 Å². The molecule has 1 atom stereocenters. The van der Waals surface area contributed by atoms with Gasteiger partial charge in [-0.1, -0.05) is 0 Å². The van der Waals surface area contributed by atoms with Gasteiger partial charge in [0, 0.05) is 11.8 Å². The minimum absolute atomic E-state index is 0.0281. The molecule has 0 amide bonds. The van der Waals surface area contributed by atoms with Crippen molar-refractivity contribution in [2.24, 2.45) is 0 Å². The molecule has 1 aromatic rings. The number of nitrogen functional groups attached to an aromatic ring is 1. The Balaban J connectivity index is 2.90. The second kappa shape index (κ2) is 5.48. The number of hydrogen-bond acceptors (Lipinski definition) is 4. The maximum atomic E-state index is 12.5. The van der Waals surface area contributed by atoms with Crippen LogP contribution < -0.4 is 11.1 Å². The highest BCUT2D eigenvalue weighted by molar-refractivity contribution is 7.98. The summed E-state index contributed by atoms with van der Waals surface area (Å²) in [5.41, 5.74) is 4.56. The topological polar surface area (TPSA) is 50.9 Å². The van der Waals surface area contributed by atoms with Crippen LogP contribution in [0.15, 0.2) is 12.1 Å². The number of nitrogens with zero attached hydrogens (tertiary/aromatic N) is 1. The molecule has 0 spiro atoms. The average molecular weight is 265 g/mol. The highest BCUT2D eigenvalue weighted by Crippen LogP contribution is 2.31. The number of anilines is 2. The molecule has 0 aromatic carbocycles. The van der Waals surface area contributed by atoms with E-state index in [1.165, 1.54) is 0 Å². The summed E-state index contributed by atoms with van der Waals surface area (Å²) in [5, 5.41) is 2.88. The number of aromatic nitrogens is 1. The van der Waals surface area contributed by atoms with Crippen LogP contribution in [0.25, 0.3) is 0 Å². The summed E-state index contributed by atoms with van der Waals surface area (Å²) in [5.74, 6) is 0.787. The normalized spacial score (nSPS) is 13.5. The lowest BCUT2D eigenvalue weighted by Crippen LogP contribution is -2.19. The number of nitrogens with two attached hydrogens (primary N) is 1. The van der Waals surface area contributed by atoms with Crippen LogP contribution in [0, 0.1) is 0 Å². The zero-order chi connectivity index (χ0) is 13.1. The number of rotatable bonds is 4. The van der Waals surface area contributed by atoms with E-state index in [1.54, 1.807) is 11.8 Å². The molecule has 96 valence electrons. The summed E-state index contributed by atoms with van der Waals surface area (Å²) in [6.45, 7) is 1.87. The van der Waals surface area contributed by atoms with E-state index in [0.717, 1.165) is 17.9 Å². The maximum absolute atomic E-state index is 12.5. The summed E-state index contributed by atoms with van der Waals surface area (Å²) in [6, 6.07) is 1.82. The Bertz CT molecular complexity index is 382. The zero-order valence-electron chi connectivity index (χ0n) is 9.51. The molecule has 0 aliphatic rings. The Morgan fingerprint density at radius 2 is 2.12 bits per heavy atom. The molecule has 7 heteroatoms. The summed E-state index contributed by atoms with van der Waals surface area (Å²) < 4.78 is 37.6. The fraction of sp³-hybridized carbons (Fsp3) is 0.500. The summed E-state index contributed by atoms with van der Waals surface area (Å²) >= 11 is 1.60. The number of hydrogen-bond donors (Lipinski definition) is 2. The third kappa shape index (κ3) is 4.33. The SMILES string of the molecule is CSCC(C)Nc1cc(C(F)(F)F)cc(N)n1. The van der Waals surface area contributed by atoms with E-state index in [0.29, 0.717) is 0 Å². The lowest BCUT2D eigenvalue weighted by Gasteiger charge is -2.15. The van der Waals surface area contributed by atoms with E-state index >= 15 is 0 Å². The van der Waals surface area contributed by atoms with Gasteiger partial charge in [-0.25, -0.2) is 4.98 Å².